The molecule has 0 N–H and O–H groups in total. The Hall–Kier alpha value is -0.890. The first-order valence-corrected chi connectivity index (χ1v) is 7.52. The molecule has 1 saturated heterocycles. The Morgan fingerprint density at radius 3 is 2.63 bits per heavy atom. The minimum Gasteiger partial charge on any atom is -0.463 e. The average Bonchev–Trinajstić information content (AvgIpc) is 2.76. The fourth-order valence-electron chi connectivity index (χ4n) is 2.39. The van der Waals surface area contributed by atoms with E-state index in [2.05, 4.69) is 43.3 Å². The van der Waals surface area contributed by atoms with Crippen molar-refractivity contribution in [3.8, 4) is 0 Å². The van der Waals surface area contributed by atoms with Crippen LogP contribution in [-0.4, -0.2) is 11.9 Å². The molecule has 0 spiro atoms. The lowest BCUT2D eigenvalue weighted by Gasteiger charge is -2.22. The third-order valence-corrected chi connectivity index (χ3v) is 4.63. The summed E-state index contributed by atoms with van der Waals surface area (Å²) < 4.78 is 11.9. The maximum atomic E-state index is 11.4. The average molecular weight is 435 g/mol. The molecule has 1 aromatic heterocycles. The maximum Gasteiger partial charge on any atom is 0.314 e. The van der Waals surface area contributed by atoms with Gasteiger partial charge in [0.25, 0.3) is 0 Å². The Balaban J connectivity index is 2.16. The second-order valence-electron chi connectivity index (χ2n) is 4.37. The maximum absolute atomic E-state index is 11.4. The molecule has 98 valence electrons. The summed E-state index contributed by atoms with van der Waals surface area (Å²) in [6, 6.07) is 3.80. The summed E-state index contributed by atoms with van der Waals surface area (Å²) >= 11 is 5.66. The number of hydrogen-bond donors (Lipinski definition) is 0. The monoisotopic (exact) mass is 434 g/mol. The number of hydrogen-bond acceptors (Lipinski definition) is 4. The first kappa shape index (κ1) is 13.1. The Kier molecular flexibility index (Phi) is 3.38. The van der Waals surface area contributed by atoms with E-state index in [4.69, 9.17) is 4.42 Å². The van der Waals surface area contributed by atoms with E-state index in [1.54, 1.807) is 6.26 Å². The quantitative estimate of drug-likeness (QED) is 0.389. The van der Waals surface area contributed by atoms with Gasteiger partial charge in [-0.3, -0.25) is 9.59 Å². The van der Waals surface area contributed by atoms with Crippen LogP contribution in [0.15, 0.2) is 27.3 Å². The zero-order valence-corrected chi connectivity index (χ0v) is 13.4. The zero-order valence-electron chi connectivity index (χ0n) is 9.61. The molecule has 0 saturated carbocycles. The minimum absolute atomic E-state index is 0.145. The van der Waals surface area contributed by atoms with Crippen LogP contribution in [0, 0.1) is 3.57 Å². The molecule has 0 aliphatic carbocycles. The van der Waals surface area contributed by atoms with Crippen molar-refractivity contribution in [1.29, 1.82) is 0 Å². The number of halogens is 2. The van der Waals surface area contributed by atoms with Crippen LogP contribution in [0.4, 0.5) is 0 Å². The summed E-state index contributed by atoms with van der Waals surface area (Å²) in [5.74, 6) is -1.07. The molecule has 0 bridgehead atoms. The summed E-state index contributed by atoms with van der Waals surface area (Å²) in [5, 5.41) is 0.936. The number of carbonyl (C=O) groups excluding carboxylic acids is 2. The smallest absolute Gasteiger partial charge is 0.314 e. The van der Waals surface area contributed by atoms with Gasteiger partial charge in [-0.1, -0.05) is 0 Å². The fraction of sp³-hybridized carbons (Fsp3) is 0.231. The van der Waals surface area contributed by atoms with Gasteiger partial charge >= 0.3 is 11.9 Å². The van der Waals surface area contributed by atoms with Crippen molar-refractivity contribution in [3.63, 3.8) is 0 Å². The number of benzene rings is 1. The van der Waals surface area contributed by atoms with Gasteiger partial charge in [-0.25, -0.2) is 0 Å². The lowest BCUT2D eigenvalue weighted by atomic mass is 9.89. The molecular weight excluding hydrogens is 427 g/mol. The highest BCUT2D eigenvalue weighted by Crippen LogP contribution is 2.39. The molecule has 3 rings (SSSR count). The van der Waals surface area contributed by atoms with Crippen LogP contribution in [0.25, 0.3) is 11.0 Å². The van der Waals surface area contributed by atoms with Gasteiger partial charge in [-0.15, -0.1) is 0 Å². The highest BCUT2D eigenvalue weighted by Gasteiger charge is 2.31. The number of carbonyl (C=O) groups is 2. The summed E-state index contributed by atoms with van der Waals surface area (Å²) in [4.78, 5) is 22.9. The molecular formula is C13H8BrIO4. The second-order valence-corrected chi connectivity index (χ2v) is 6.39. The fourth-order valence-corrected chi connectivity index (χ4v) is 4.40. The van der Waals surface area contributed by atoms with E-state index in [-0.39, 0.29) is 18.8 Å². The van der Waals surface area contributed by atoms with Gasteiger partial charge in [0, 0.05) is 14.9 Å². The van der Waals surface area contributed by atoms with Gasteiger partial charge in [-0.05, 0) is 56.2 Å². The summed E-state index contributed by atoms with van der Waals surface area (Å²) in [7, 11) is 0. The minimum atomic E-state index is -0.461. The van der Waals surface area contributed by atoms with Gasteiger partial charge in [0.1, 0.15) is 5.58 Å². The number of esters is 2. The molecule has 1 fully saturated rings. The zero-order chi connectivity index (χ0) is 13.6. The van der Waals surface area contributed by atoms with E-state index in [1.165, 1.54) is 0 Å². The molecule has 4 nitrogen and oxygen atoms in total. The van der Waals surface area contributed by atoms with E-state index >= 15 is 0 Å². The largest absolute Gasteiger partial charge is 0.463 e. The SMILES string of the molecule is O=C1CC(c2c(I)cc(Br)c3occc23)CC(=O)O1. The van der Waals surface area contributed by atoms with Gasteiger partial charge < -0.3 is 9.15 Å². The Morgan fingerprint density at radius 1 is 1.26 bits per heavy atom. The molecule has 0 radical (unpaired) electrons. The van der Waals surface area contributed by atoms with E-state index in [0.717, 1.165) is 24.6 Å². The number of furan rings is 1. The van der Waals surface area contributed by atoms with Crippen molar-refractivity contribution >= 4 is 61.4 Å². The number of cyclic esters (lactones) is 2. The lowest BCUT2D eigenvalue weighted by Crippen LogP contribution is -2.24. The van der Waals surface area contributed by atoms with E-state index in [1.807, 2.05) is 12.1 Å². The summed E-state index contributed by atoms with van der Waals surface area (Å²) in [5.41, 5.74) is 1.72. The predicted octanol–water partition coefficient (Wildman–Crippen LogP) is 3.75. The van der Waals surface area contributed by atoms with Crippen LogP contribution in [0.3, 0.4) is 0 Å². The van der Waals surface area contributed by atoms with Crippen molar-refractivity contribution in [3.05, 3.63) is 32.0 Å². The predicted molar refractivity (Wildman–Crippen MR) is 79.7 cm³/mol. The van der Waals surface area contributed by atoms with Gasteiger partial charge in [0.2, 0.25) is 0 Å². The first-order valence-electron chi connectivity index (χ1n) is 5.65. The standard InChI is InChI=1S/C13H8BrIO4/c14-8-5-9(15)12(7-1-2-18-13(7)8)6-3-10(16)19-11(17)4-6/h1-2,5-6H,3-4H2. The Morgan fingerprint density at radius 2 is 1.95 bits per heavy atom. The molecule has 2 heterocycles. The van der Waals surface area contributed by atoms with Crippen LogP contribution in [0.2, 0.25) is 0 Å². The van der Waals surface area contributed by atoms with Crippen molar-refractivity contribution in [2.75, 3.05) is 0 Å². The van der Waals surface area contributed by atoms with Crippen LogP contribution in [0.5, 0.6) is 0 Å². The summed E-state index contributed by atoms with van der Waals surface area (Å²) in [6.07, 6.45) is 2.06. The molecule has 0 unspecified atom stereocenters. The van der Waals surface area contributed by atoms with Gasteiger partial charge in [0.15, 0.2) is 0 Å². The van der Waals surface area contributed by atoms with E-state index < -0.39 is 11.9 Å². The normalized spacial score (nSPS) is 16.9. The van der Waals surface area contributed by atoms with Crippen molar-refractivity contribution in [2.45, 2.75) is 18.8 Å². The highest BCUT2D eigenvalue weighted by atomic mass is 127. The topological polar surface area (TPSA) is 56.5 Å². The van der Waals surface area contributed by atoms with Crippen molar-refractivity contribution in [2.24, 2.45) is 0 Å². The Labute approximate surface area is 130 Å². The molecule has 2 aromatic rings. The molecule has 0 amide bonds. The summed E-state index contributed by atoms with van der Waals surface area (Å²) in [6.45, 7) is 0. The Bertz CT molecular complexity index is 675. The van der Waals surface area contributed by atoms with Gasteiger partial charge in [-0.2, -0.15) is 0 Å². The molecule has 19 heavy (non-hydrogen) atoms. The first-order chi connectivity index (χ1) is 9.06. The van der Waals surface area contributed by atoms with Gasteiger partial charge in [0.05, 0.1) is 23.6 Å². The number of fused-ring (bicyclic) bond motifs is 1. The number of ether oxygens (including phenoxy) is 1. The molecule has 1 aliphatic heterocycles. The molecule has 0 atom stereocenters. The molecule has 6 heteroatoms. The number of rotatable bonds is 1. The van der Waals surface area contributed by atoms with E-state index in [9.17, 15) is 9.59 Å². The van der Waals surface area contributed by atoms with Crippen molar-refractivity contribution < 1.29 is 18.7 Å². The van der Waals surface area contributed by atoms with Crippen LogP contribution < -0.4 is 0 Å². The lowest BCUT2D eigenvalue weighted by molar-refractivity contribution is -0.163. The van der Waals surface area contributed by atoms with Crippen molar-refractivity contribution in [1.82, 2.24) is 0 Å². The van der Waals surface area contributed by atoms with Crippen LogP contribution >= 0.6 is 38.5 Å². The third-order valence-electron chi connectivity index (χ3n) is 3.15. The highest BCUT2D eigenvalue weighted by molar-refractivity contribution is 14.1. The molecule has 1 aliphatic rings. The van der Waals surface area contributed by atoms with E-state index in [0.29, 0.717) is 0 Å². The molecule has 1 aromatic carbocycles. The van der Waals surface area contributed by atoms with Crippen LogP contribution in [0.1, 0.15) is 24.3 Å². The van der Waals surface area contributed by atoms with Crippen LogP contribution in [-0.2, 0) is 14.3 Å². The third kappa shape index (κ3) is 2.31. The second kappa shape index (κ2) is 4.90.